The normalized spacial score (nSPS) is 17.8. The molecule has 1 unspecified atom stereocenters. The van der Waals surface area contributed by atoms with Crippen molar-refractivity contribution in [1.29, 1.82) is 0 Å². The van der Waals surface area contributed by atoms with Crippen LogP contribution in [0.1, 0.15) is 35.8 Å². The Kier molecular flexibility index (Phi) is 3.42. The van der Waals surface area contributed by atoms with E-state index in [1.807, 2.05) is 6.07 Å². The third-order valence-electron chi connectivity index (χ3n) is 3.43. The van der Waals surface area contributed by atoms with Crippen LogP contribution in [0, 0.1) is 0 Å². The zero-order valence-electron chi connectivity index (χ0n) is 10.6. The lowest BCUT2D eigenvalue weighted by atomic mass is 9.89. The lowest BCUT2D eigenvalue weighted by molar-refractivity contribution is 0.173. The van der Waals surface area contributed by atoms with Crippen LogP contribution in [0.3, 0.4) is 0 Å². The second-order valence-electron chi connectivity index (χ2n) is 4.72. The molecule has 0 aliphatic heterocycles. The van der Waals surface area contributed by atoms with Crippen molar-refractivity contribution in [3.63, 3.8) is 0 Å². The van der Waals surface area contributed by atoms with Gasteiger partial charge in [-0.25, -0.2) is 0 Å². The SMILES string of the molecule is OCc1ccc(OC2CCCc3ccccc32)nn1. The van der Waals surface area contributed by atoms with E-state index < -0.39 is 0 Å². The molecule has 0 spiro atoms. The average molecular weight is 256 g/mol. The number of hydrogen-bond donors (Lipinski definition) is 1. The van der Waals surface area contributed by atoms with Crippen molar-refractivity contribution in [2.75, 3.05) is 0 Å². The molecule has 1 N–H and O–H groups in total. The molecular formula is C15H16N2O2. The van der Waals surface area contributed by atoms with Crippen molar-refractivity contribution in [1.82, 2.24) is 10.2 Å². The Morgan fingerprint density at radius 2 is 2.05 bits per heavy atom. The van der Waals surface area contributed by atoms with Crippen LogP contribution < -0.4 is 4.74 Å². The van der Waals surface area contributed by atoms with E-state index in [1.165, 1.54) is 11.1 Å². The largest absolute Gasteiger partial charge is 0.468 e. The fourth-order valence-electron chi connectivity index (χ4n) is 2.47. The lowest BCUT2D eigenvalue weighted by Crippen LogP contribution is -2.15. The van der Waals surface area contributed by atoms with Gasteiger partial charge in [-0.1, -0.05) is 24.3 Å². The van der Waals surface area contributed by atoms with Crippen LogP contribution in [0.4, 0.5) is 0 Å². The molecule has 1 heterocycles. The van der Waals surface area contributed by atoms with E-state index in [-0.39, 0.29) is 12.7 Å². The molecule has 0 fully saturated rings. The fourth-order valence-corrected chi connectivity index (χ4v) is 2.47. The summed E-state index contributed by atoms with van der Waals surface area (Å²) in [6.07, 6.45) is 3.30. The molecule has 2 aromatic rings. The summed E-state index contributed by atoms with van der Waals surface area (Å²) in [6, 6.07) is 11.9. The molecular weight excluding hydrogens is 240 g/mol. The minimum absolute atomic E-state index is 0.0548. The number of aryl methyl sites for hydroxylation is 1. The Morgan fingerprint density at radius 1 is 1.16 bits per heavy atom. The van der Waals surface area contributed by atoms with E-state index in [1.54, 1.807) is 12.1 Å². The van der Waals surface area contributed by atoms with E-state index in [0.717, 1.165) is 19.3 Å². The van der Waals surface area contributed by atoms with E-state index in [9.17, 15) is 0 Å². The highest BCUT2D eigenvalue weighted by molar-refractivity contribution is 5.32. The molecule has 4 nitrogen and oxygen atoms in total. The number of hydrogen-bond acceptors (Lipinski definition) is 4. The number of ether oxygens (including phenoxy) is 1. The highest BCUT2D eigenvalue weighted by atomic mass is 16.5. The highest BCUT2D eigenvalue weighted by Crippen LogP contribution is 2.32. The number of aliphatic hydroxyl groups is 1. The molecule has 19 heavy (non-hydrogen) atoms. The summed E-state index contributed by atoms with van der Waals surface area (Å²) in [7, 11) is 0. The van der Waals surface area contributed by atoms with Crippen LogP contribution in [-0.2, 0) is 13.0 Å². The van der Waals surface area contributed by atoms with E-state index >= 15 is 0 Å². The van der Waals surface area contributed by atoms with Gasteiger partial charge in [-0.3, -0.25) is 0 Å². The number of benzene rings is 1. The zero-order valence-corrected chi connectivity index (χ0v) is 10.6. The van der Waals surface area contributed by atoms with Crippen molar-refractivity contribution in [2.24, 2.45) is 0 Å². The van der Waals surface area contributed by atoms with Gasteiger partial charge >= 0.3 is 0 Å². The summed E-state index contributed by atoms with van der Waals surface area (Å²) in [5.74, 6) is 0.513. The van der Waals surface area contributed by atoms with Gasteiger partial charge in [-0.05, 0) is 36.5 Å². The summed E-state index contributed by atoms with van der Waals surface area (Å²) in [6.45, 7) is -0.0977. The molecule has 1 aliphatic rings. The van der Waals surface area contributed by atoms with E-state index in [0.29, 0.717) is 11.6 Å². The third kappa shape index (κ3) is 2.58. The number of nitrogens with zero attached hydrogens (tertiary/aromatic N) is 2. The molecule has 0 saturated heterocycles. The average Bonchev–Trinajstić information content (AvgIpc) is 2.48. The fraction of sp³-hybridized carbons (Fsp3) is 0.333. The summed E-state index contributed by atoms with van der Waals surface area (Å²) >= 11 is 0. The Hall–Kier alpha value is -1.94. The van der Waals surface area contributed by atoms with Gasteiger partial charge in [-0.15, -0.1) is 10.2 Å². The van der Waals surface area contributed by atoms with Crippen LogP contribution in [0.2, 0.25) is 0 Å². The first-order valence-corrected chi connectivity index (χ1v) is 6.55. The topological polar surface area (TPSA) is 55.2 Å². The quantitative estimate of drug-likeness (QED) is 0.916. The van der Waals surface area contributed by atoms with E-state index in [4.69, 9.17) is 9.84 Å². The molecule has 0 amide bonds. The first kappa shape index (κ1) is 12.1. The Morgan fingerprint density at radius 3 is 2.84 bits per heavy atom. The van der Waals surface area contributed by atoms with Gasteiger partial charge in [0.1, 0.15) is 6.10 Å². The van der Waals surface area contributed by atoms with Gasteiger partial charge in [0.25, 0.3) is 0 Å². The number of fused-ring (bicyclic) bond motifs is 1. The van der Waals surface area contributed by atoms with Crippen LogP contribution in [0.15, 0.2) is 36.4 Å². The predicted octanol–water partition coefficient (Wildman–Crippen LogP) is 2.43. The first-order chi connectivity index (χ1) is 9.36. The summed E-state index contributed by atoms with van der Waals surface area (Å²) in [4.78, 5) is 0. The molecule has 1 aromatic carbocycles. The van der Waals surface area contributed by atoms with Gasteiger partial charge in [0, 0.05) is 6.07 Å². The zero-order chi connectivity index (χ0) is 13.1. The van der Waals surface area contributed by atoms with Crippen LogP contribution in [0.25, 0.3) is 0 Å². The third-order valence-corrected chi connectivity index (χ3v) is 3.43. The first-order valence-electron chi connectivity index (χ1n) is 6.55. The molecule has 0 saturated carbocycles. The Bertz CT molecular complexity index is 554. The van der Waals surface area contributed by atoms with Crippen molar-refractivity contribution in [3.8, 4) is 5.88 Å². The van der Waals surface area contributed by atoms with Crippen molar-refractivity contribution in [2.45, 2.75) is 32.0 Å². The Labute approximate surface area is 112 Å². The molecule has 4 heteroatoms. The second kappa shape index (κ2) is 5.36. The maximum atomic E-state index is 8.94. The molecule has 1 aromatic heterocycles. The predicted molar refractivity (Wildman–Crippen MR) is 70.7 cm³/mol. The standard InChI is InChI=1S/C15H16N2O2/c18-10-12-8-9-15(17-16-12)19-14-7-3-5-11-4-1-2-6-13(11)14/h1-2,4,6,8-9,14,18H,3,5,7,10H2. The monoisotopic (exact) mass is 256 g/mol. The number of aliphatic hydroxyl groups excluding tert-OH is 1. The van der Waals surface area contributed by atoms with Crippen molar-refractivity contribution >= 4 is 0 Å². The smallest absolute Gasteiger partial charge is 0.233 e. The molecule has 98 valence electrons. The summed E-state index contributed by atoms with van der Waals surface area (Å²) in [5.41, 5.74) is 3.16. The molecule has 1 aliphatic carbocycles. The molecule has 1 atom stereocenters. The van der Waals surface area contributed by atoms with Gasteiger partial charge in [0.2, 0.25) is 5.88 Å². The second-order valence-corrected chi connectivity index (χ2v) is 4.72. The van der Waals surface area contributed by atoms with Gasteiger partial charge in [0.05, 0.1) is 12.3 Å². The van der Waals surface area contributed by atoms with Crippen LogP contribution in [0.5, 0.6) is 5.88 Å². The van der Waals surface area contributed by atoms with Crippen molar-refractivity contribution in [3.05, 3.63) is 53.2 Å². The van der Waals surface area contributed by atoms with Gasteiger partial charge in [0.15, 0.2) is 0 Å². The van der Waals surface area contributed by atoms with Crippen molar-refractivity contribution < 1.29 is 9.84 Å². The number of rotatable bonds is 3. The van der Waals surface area contributed by atoms with E-state index in [2.05, 4.69) is 28.4 Å². The molecule has 3 rings (SSSR count). The molecule has 0 radical (unpaired) electrons. The summed E-state index contributed by atoms with van der Waals surface area (Å²) in [5, 5.41) is 16.8. The van der Waals surface area contributed by atoms with Crippen LogP contribution in [-0.4, -0.2) is 15.3 Å². The Balaban J connectivity index is 1.80. The minimum atomic E-state index is -0.0977. The maximum Gasteiger partial charge on any atom is 0.233 e. The minimum Gasteiger partial charge on any atom is -0.468 e. The number of aromatic nitrogens is 2. The lowest BCUT2D eigenvalue weighted by Gasteiger charge is -2.25. The maximum absolute atomic E-state index is 8.94. The molecule has 0 bridgehead atoms. The van der Waals surface area contributed by atoms with Gasteiger partial charge < -0.3 is 9.84 Å². The van der Waals surface area contributed by atoms with Crippen LogP contribution >= 0.6 is 0 Å². The highest BCUT2D eigenvalue weighted by Gasteiger charge is 2.21. The summed E-state index contributed by atoms with van der Waals surface area (Å²) < 4.78 is 5.93. The van der Waals surface area contributed by atoms with Gasteiger partial charge in [-0.2, -0.15) is 0 Å².